The van der Waals surface area contributed by atoms with Crippen LogP contribution in [-0.4, -0.2) is 46.9 Å². The van der Waals surface area contributed by atoms with Gasteiger partial charge in [0, 0.05) is 12.3 Å². The number of hydrogen-bond acceptors (Lipinski definition) is 4. The molecule has 1 unspecified atom stereocenters. The summed E-state index contributed by atoms with van der Waals surface area (Å²) in [7, 11) is 0. The Hall–Kier alpha value is -0.520. The van der Waals surface area contributed by atoms with Gasteiger partial charge in [-0.3, -0.25) is 4.79 Å². The number of hydrogen-bond donors (Lipinski definition) is 3. The lowest BCUT2D eigenvalue weighted by atomic mass is 9.97. The summed E-state index contributed by atoms with van der Waals surface area (Å²) >= 11 is 1.34. The number of rotatable bonds is 8. The van der Waals surface area contributed by atoms with Crippen molar-refractivity contribution in [2.24, 2.45) is 0 Å². The molecule has 0 saturated carbocycles. The lowest BCUT2D eigenvalue weighted by Gasteiger charge is -2.13. The monoisotopic (exact) mass is 273 g/mol. The molecule has 0 bridgehead atoms. The summed E-state index contributed by atoms with van der Waals surface area (Å²) in [5, 5.41) is 20.6. The predicted octanol–water partition coefficient (Wildman–Crippen LogP) is 1.08. The average Bonchev–Trinajstić information content (AvgIpc) is 2.39. The van der Waals surface area contributed by atoms with E-state index in [-0.39, 0.29) is 12.5 Å². The first-order valence-corrected chi connectivity index (χ1v) is 7.69. The molecule has 1 atom stereocenters. The zero-order valence-electron chi connectivity index (χ0n) is 10.7. The van der Waals surface area contributed by atoms with Gasteiger partial charge < -0.3 is 15.5 Å². The van der Waals surface area contributed by atoms with Gasteiger partial charge in [-0.1, -0.05) is 11.6 Å². The topological polar surface area (TPSA) is 69.6 Å². The molecule has 0 spiro atoms. The highest BCUT2D eigenvalue weighted by atomic mass is 32.2. The second-order valence-corrected chi connectivity index (χ2v) is 5.59. The number of allylic oxidation sites excluding steroid dienone is 1. The maximum Gasteiger partial charge on any atom is 0.230 e. The molecular formula is C13H23NO3S. The Balaban J connectivity index is 2.01. The van der Waals surface area contributed by atoms with Gasteiger partial charge in [0.2, 0.25) is 5.91 Å². The first-order valence-electron chi connectivity index (χ1n) is 6.53. The molecule has 0 saturated heterocycles. The van der Waals surface area contributed by atoms with Crippen LogP contribution in [0.5, 0.6) is 0 Å². The van der Waals surface area contributed by atoms with Crippen molar-refractivity contribution in [1.82, 2.24) is 5.32 Å². The van der Waals surface area contributed by atoms with Crippen LogP contribution in [0.3, 0.4) is 0 Å². The Kier molecular flexibility index (Phi) is 8.13. The molecule has 1 aliphatic rings. The van der Waals surface area contributed by atoms with Gasteiger partial charge in [-0.05, 0) is 32.1 Å². The second kappa shape index (κ2) is 9.42. The highest BCUT2D eigenvalue weighted by Gasteiger charge is 2.07. The van der Waals surface area contributed by atoms with E-state index in [2.05, 4.69) is 11.4 Å². The summed E-state index contributed by atoms with van der Waals surface area (Å²) in [6.45, 7) is 0.455. The molecule has 1 amide bonds. The minimum atomic E-state index is -0.727. The van der Waals surface area contributed by atoms with Gasteiger partial charge >= 0.3 is 0 Å². The number of carbonyl (C=O) groups is 1. The SMILES string of the molecule is O=C(CSCC(O)CO)NCCC1=CCCCC1. The largest absolute Gasteiger partial charge is 0.394 e. The minimum Gasteiger partial charge on any atom is -0.394 e. The molecule has 0 heterocycles. The zero-order chi connectivity index (χ0) is 13.2. The van der Waals surface area contributed by atoms with E-state index in [0.29, 0.717) is 18.1 Å². The predicted molar refractivity (Wildman–Crippen MR) is 74.6 cm³/mol. The van der Waals surface area contributed by atoms with Crippen LogP contribution in [0, 0.1) is 0 Å². The van der Waals surface area contributed by atoms with Crippen molar-refractivity contribution in [2.45, 2.75) is 38.2 Å². The lowest BCUT2D eigenvalue weighted by molar-refractivity contribution is -0.118. The van der Waals surface area contributed by atoms with Crippen LogP contribution in [0.2, 0.25) is 0 Å². The summed E-state index contributed by atoms with van der Waals surface area (Å²) in [4.78, 5) is 11.5. The van der Waals surface area contributed by atoms with Crippen LogP contribution in [0.25, 0.3) is 0 Å². The quantitative estimate of drug-likeness (QED) is 0.579. The van der Waals surface area contributed by atoms with Crippen molar-refractivity contribution < 1.29 is 15.0 Å². The van der Waals surface area contributed by atoms with Gasteiger partial charge in [0.05, 0.1) is 18.5 Å². The van der Waals surface area contributed by atoms with Crippen LogP contribution >= 0.6 is 11.8 Å². The van der Waals surface area contributed by atoms with E-state index in [4.69, 9.17) is 10.2 Å². The molecule has 5 heteroatoms. The van der Waals surface area contributed by atoms with Crippen molar-refractivity contribution in [1.29, 1.82) is 0 Å². The Morgan fingerprint density at radius 1 is 1.50 bits per heavy atom. The van der Waals surface area contributed by atoms with Crippen molar-refractivity contribution in [3.63, 3.8) is 0 Å². The molecule has 1 aliphatic carbocycles. The summed E-state index contributed by atoms with van der Waals surface area (Å²) in [6, 6.07) is 0. The Morgan fingerprint density at radius 3 is 3.00 bits per heavy atom. The first-order chi connectivity index (χ1) is 8.72. The van der Waals surface area contributed by atoms with E-state index in [1.54, 1.807) is 0 Å². The van der Waals surface area contributed by atoms with Crippen molar-refractivity contribution in [2.75, 3.05) is 24.7 Å². The van der Waals surface area contributed by atoms with E-state index >= 15 is 0 Å². The highest BCUT2D eigenvalue weighted by molar-refractivity contribution is 7.99. The third kappa shape index (κ3) is 7.03. The third-order valence-electron chi connectivity index (χ3n) is 2.91. The summed E-state index contributed by atoms with van der Waals surface area (Å²) < 4.78 is 0. The van der Waals surface area contributed by atoms with Crippen molar-refractivity contribution in [3.8, 4) is 0 Å². The van der Waals surface area contributed by atoms with Crippen LogP contribution in [0.4, 0.5) is 0 Å². The Bertz CT molecular complexity index is 281. The number of carbonyl (C=O) groups excluding carboxylic acids is 1. The molecule has 18 heavy (non-hydrogen) atoms. The third-order valence-corrected chi connectivity index (χ3v) is 3.99. The zero-order valence-corrected chi connectivity index (χ0v) is 11.5. The molecule has 104 valence electrons. The van der Waals surface area contributed by atoms with E-state index in [1.807, 2.05) is 0 Å². The van der Waals surface area contributed by atoms with E-state index in [1.165, 1.54) is 43.0 Å². The fraction of sp³-hybridized carbons (Fsp3) is 0.769. The van der Waals surface area contributed by atoms with E-state index in [9.17, 15) is 4.79 Å². The number of aliphatic hydroxyl groups excluding tert-OH is 2. The molecule has 0 aromatic rings. The van der Waals surface area contributed by atoms with Gasteiger partial charge in [0.1, 0.15) is 0 Å². The smallest absolute Gasteiger partial charge is 0.230 e. The number of nitrogens with one attached hydrogen (secondary N) is 1. The van der Waals surface area contributed by atoms with Crippen LogP contribution < -0.4 is 5.32 Å². The standard InChI is InChI=1S/C13H23NO3S/c15-8-12(16)9-18-10-13(17)14-7-6-11-4-2-1-3-5-11/h4,12,15-16H,1-3,5-10H2,(H,14,17). The molecule has 0 fully saturated rings. The van der Waals surface area contributed by atoms with E-state index in [0.717, 1.165) is 6.42 Å². The number of thioether (sulfide) groups is 1. The molecule has 3 N–H and O–H groups in total. The van der Waals surface area contributed by atoms with Crippen molar-refractivity contribution in [3.05, 3.63) is 11.6 Å². The Labute approximate surface area is 113 Å². The molecular weight excluding hydrogens is 250 g/mol. The first kappa shape index (κ1) is 15.5. The van der Waals surface area contributed by atoms with Crippen LogP contribution in [0.15, 0.2) is 11.6 Å². The maximum absolute atomic E-state index is 11.5. The fourth-order valence-corrected chi connectivity index (χ4v) is 2.67. The second-order valence-electron chi connectivity index (χ2n) is 4.56. The van der Waals surface area contributed by atoms with Crippen LogP contribution in [-0.2, 0) is 4.79 Å². The fourth-order valence-electron chi connectivity index (χ4n) is 1.89. The highest BCUT2D eigenvalue weighted by Crippen LogP contribution is 2.19. The van der Waals surface area contributed by atoms with Gasteiger partial charge in [-0.2, -0.15) is 0 Å². The average molecular weight is 273 g/mol. The van der Waals surface area contributed by atoms with E-state index < -0.39 is 6.10 Å². The summed E-state index contributed by atoms with van der Waals surface area (Å²) in [5.74, 6) is 0.743. The number of amides is 1. The molecule has 0 aromatic heterocycles. The molecule has 0 aliphatic heterocycles. The number of aliphatic hydroxyl groups is 2. The van der Waals surface area contributed by atoms with Gasteiger partial charge in [0.25, 0.3) is 0 Å². The van der Waals surface area contributed by atoms with Gasteiger partial charge in [0.15, 0.2) is 0 Å². The van der Waals surface area contributed by atoms with Gasteiger partial charge in [-0.25, -0.2) is 0 Å². The molecule has 0 radical (unpaired) electrons. The van der Waals surface area contributed by atoms with Gasteiger partial charge in [-0.15, -0.1) is 11.8 Å². The lowest BCUT2D eigenvalue weighted by Crippen LogP contribution is -2.27. The maximum atomic E-state index is 11.5. The van der Waals surface area contributed by atoms with Crippen LogP contribution in [0.1, 0.15) is 32.1 Å². The molecule has 4 nitrogen and oxygen atoms in total. The molecule has 1 rings (SSSR count). The summed E-state index contributed by atoms with van der Waals surface area (Å²) in [6.07, 6.45) is 7.44. The normalized spacial score (nSPS) is 17.1. The minimum absolute atomic E-state index is 0.00143. The summed E-state index contributed by atoms with van der Waals surface area (Å²) in [5.41, 5.74) is 1.46. The van der Waals surface area contributed by atoms with Crippen molar-refractivity contribution >= 4 is 17.7 Å². The molecule has 0 aromatic carbocycles. The Morgan fingerprint density at radius 2 is 2.33 bits per heavy atom.